The van der Waals surface area contributed by atoms with Gasteiger partial charge in [0, 0.05) is 0 Å². The van der Waals surface area contributed by atoms with Crippen molar-refractivity contribution in [1.82, 2.24) is 25.3 Å². The smallest absolute Gasteiger partial charge is 0.182 e. The second kappa shape index (κ2) is 5.35. The van der Waals surface area contributed by atoms with Crippen LogP contribution in [0, 0.1) is 0 Å². The van der Waals surface area contributed by atoms with Crippen molar-refractivity contribution in [3.8, 4) is 0 Å². The molecule has 0 saturated carbocycles. The minimum atomic E-state index is -3.11. The number of aromatic nitrogens is 4. The Morgan fingerprint density at radius 1 is 1.38 bits per heavy atom. The maximum Gasteiger partial charge on any atom is 0.182 e. The van der Waals surface area contributed by atoms with Crippen LogP contribution in [0.3, 0.4) is 0 Å². The molecule has 0 aliphatic carbocycles. The first-order chi connectivity index (χ1) is 9.94. The van der Waals surface area contributed by atoms with Crippen molar-refractivity contribution in [2.24, 2.45) is 0 Å². The van der Waals surface area contributed by atoms with Gasteiger partial charge in [0.2, 0.25) is 0 Å². The average Bonchev–Trinajstić information content (AvgIpc) is 2.94. The lowest BCUT2D eigenvalue weighted by Gasteiger charge is -2.17. The maximum absolute atomic E-state index is 11.5. The minimum Gasteiger partial charge on any atom is -0.357 e. The van der Waals surface area contributed by atoms with E-state index in [2.05, 4.69) is 30.6 Å². The Balaban J connectivity index is 1.71. The average molecular weight is 347 g/mol. The highest BCUT2D eigenvalue weighted by Crippen LogP contribution is 2.19. The normalized spacial score (nSPS) is 24.0. The molecule has 3 rings (SSSR count). The van der Waals surface area contributed by atoms with Gasteiger partial charge in [-0.15, -0.1) is 11.6 Å². The molecule has 2 atom stereocenters. The van der Waals surface area contributed by atoms with E-state index in [-0.39, 0.29) is 16.6 Å². The number of H-pyrrole nitrogens is 1. The van der Waals surface area contributed by atoms with E-state index < -0.39 is 21.3 Å². The summed E-state index contributed by atoms with van der Waals surface area (Å²) in [7, 11) is -3.11. The predicted molar refractivity (Wildman–Crippen MR) is 83.1 cm³/mol. The molecular formula is C10H11ClN6O2S2. The number of hydrogen-bond donors (Lipinski definition) is 3. The Kier molecular flexibility index (Phi) is 3.68. The quantitative estimate of drug-likeness (QED) is 0.516. The molecule has 112 valence electrons. The highest BCUT2D eigenvalue weighted by Gasteiger charge is 2.36. The van der Waals surface area contributed by atoms with Crippen LogP contribution in [-0.4, -0.2) is 56.4 Å². The monoisotopic (exact) mass is 346 g/mol. The van der Waals surface area contributed by atoms with Gasteiger partial charge in [0.25, 0.3) is 0 Å². The van der Waals surface area contributed by atoms with Crippen LogP contribution in [0.25, 0.3) is 11.2 Å². The molecular weight excluding hydrogens is 336 g/mol. The fourth-order valence-corrected chi connectivity index (χ4v) is 4.91. The molecule has 0 radical (unpaired) electrons. The van der Waals surface area contributed by atoms with Gasteiger partial charge in [0.1, 0.15) is 11.8 Å². The summed E-state index contributed by atoms with van der Waals surface area (Å²) in [5.41, 5.74) is 1.12. The lowest BCUT2D eigenvalue weighted by Crippen LogP contribution is -2.42. The van der Waals surface area contributed by atoms with Crippen molar-refractivity contribution in [1.29, 1.82) is 0 Å². The number of imidazole rings is 1. The van der Waals surface area contributed by atoms with E-state index in [0.717, 1.165) is 0 Å². The molecule has 3 N–H and O–H groups in total. The summed E-state index contributed by atoms with van der Waals surface area (Å²) in [6, 6.07) is -0.421. The van der Waals surface area contributed by atoms with Gasteiger partial charge < -0.3 is 15.6 Å². The van der Waals surface area contributed by atoms with E-state index in [1.165, 1.54) is 12.7 Å². The molecule has 0 spiro atoms. The van der Waals surface area contributed by atoms with E-state index in [4.69, 9.17) is 23.8 Å². The van der Waals surface area contributed by atoms with E-state index in [0.29, 0.717) is 17.0 Å². The standard InChI is InChI=1S/C10H11ClN6O2S2/c11-5-1-21(18,19)2-6(5)16-10(20)17-9-7-8(13-3-12-7)14-4-15-9/h3-6H,1-2H2,(H3,12,13,14,15,16,17,20)/t5-,6+/m1/s1. The van der Waals surface area contributed by atoms with Crippen LogP contribution in [0.4, 0.5) is 5.82 Å². The number of fused-ring (bicyclic) bond motifs is 1. The van der Waals surface area contributed by atoms with Crippen LogP contribution in [-0.2, 0) is 9.84 Å². The first-order valence-electron chi connectivity index (χ1n) is 6.01. The number of rotatable bonds is 2. The van der Waals surface area contributed by atoms with Crippen molar-refractivity contribution in [3.63, 3.8) is 0 Å². The zero-order valence-electron chi connectivity index (χ0n) is 10.6. The van der Waals surface area contributed by atoms with Crippen LogP contribution in [0.1, 0.15) is 0 Å². The van der Waals surface area contributed by atoms with Crippen molar-refractivity contribution in [2.75, 3.05) is 16.8 Å². The van der Waals surface area contributed by atoms with Gasteiger partial charge in [-0.25, -0.2) is 23.4 Å². The van der Waals surface area contributed by atoms with E-state index in [9.17, 15) is 8.42 Å². The van der Waals surface area contributed by atoms with E-state index in [1.807, 2.05) is 0 Å². The predicted octanol–water partition coefficient (Wildman–Crippen LogP) is 0.0437. The van der Waals surface area contributed by atoms with Gasteiger partial charge in [-0.2, -0.15) is 0 Å². The number of anilines is 1. The van der Waals surface area contributed by atoms with Gasteiger partial charge in [-0.3, -0.25) is 0 Å². The van der Waals surface area contributed by atoms with E-state index >= 15 is 0 Å². The molecule has 2 aromatic rings. The molecule has 1 saturated heterocycles. The third-order valence-corrected chi connectivity index (χ3v) is 5.65. The van der Waals surface area contributed by atoms with Crippen LogP contribution in [0.2, 0.25) is 0 Å². The third-order valence-electron chi connectivity index (χ3n) is 3.05. The van der Waals surface area contributed by atoms with Crippen molar-refractivity contribution in [2.45, 2.75) is 11.4 Å². The van der Waals surface area contributed by atoms with Gasteiger partial charge in [-0.05, 0) is 12.2 Å². The first kappa shape index (κ1) is 14.4. The molecule has 0 bridgehead atoms. The highest BCUT2D eigenvalue weighted by atomic mass is 35.5. The molecule has 1 fully saturated rings. The Morgan fingerprint density at radius 3 is 2.90 bits per heavy atom. The summed E-state index contributed by atoms with van der Waals surface area (Å²) in [6.07, 6.45) is 2.86. The van der Waals surface area contributed by atoms with Crippen molar-refractivity contribution >= 4 is 55.8 Å². The maximum atomic E-state index is 11.5. The second-order valence-electron chi connectivity index (χ2n) is 4.62. The SMILES string of the molecule is O=S1(=O)C[C@@H](Cl)[C@@H](NC(=S)Nc2ncnc3nc[nH]c23)C1. The number of sulfone groups is 1. The molecule has 1 aliphatic heterocycles. The number of aromatic amines is 1. The molecule has 21 heavy (non-hydrogen) atoms. The van der Waals surface area contributed by atoms with Crippen LogP contribution in [0.5, 0.6) is 0 Å². The van der Waals surface area contributed by atoms with Crippen LogP contribution < -0.4 is 10.6 Å². The molecule has 0 amide bonds. The molecule has 0 unspecified atom stereocenters. The second-order valence-corrected chi connectivity index (χ2v) is 7.74. The number of halogens is 1. The summed E-state index contributed by atoms with van der Waals surface area (Å²) < 4.78 is 23.0. The Bertz CT molecular complexity index is 792. The Hall–Kier alpha value is -1.52. The summed E-state index contributed by atoms with van der Waals surface area (Å²) in [4.78, 5) is 15.0. The van der Waals surface area contributed by atoms with Gasteiger partial charge in [0.15, 0.2) is 26.4 Å². The lowest BCUT2D eigenvalue weighted by molar-refractivity contribution is 0.600. The van der Waals surface area contributed by atoms with Crippen LogP contribution >= 0.6 is 23.8 Å². The highest BCUT2D eigenvalue weighted by molar-refractivity contribution is 7.91. The number of nitrogens with one attached hydrogen (secondary N) is 3. The summed E-state index contributed by atoms with van der Waals surface area (Å²) in [6.45, 7) is 0. The minimum absolute atomic E-state index is 0.0355. The summed E-state index contributed by atoms with van der Waals surface area (Å²) in [5, 5.41) is 5.53. The zero-order valence-corrected chi connectivity index (χ0v) is 13.0. The largest absolute Gasteiger partial charge is 0.357 e. The fraction of sp³-hybridized carbons (Fsp3) is 0.400. The number of thiocarbonyl (C=S) groups is 1. The Labute approximate surface area is 130 Å². The van der Waals surface area contributed by atoms with Crippen LogP contribution in [0.15, 0.2) is 12.7 Å². The Morgan fingerprint density at radius 2 is 2.19 bits per heavy atom. The summed E-state index contributed by atoms with van der Waals surface area (Å²) in [5.74, 6) is 0.376. The number of nitrogens with zero attached hydrogens (tertiary/aromatic N) is 3. The molecule has 2 aromatic heterocycles. The fourth-order valence-electron chi connectivity index (χ4n) is 2.11. The van der Waals surface area contributed by atoms with Gasteiger partial charge >= 0.3 is 0 Å². The van der Waals surface area contributed by atoms with Gasteiger partial charge in [-0.1, -0.05) is 0 Å². The number of alkyl halides is 1. The molecule has 11 heteroatoms. The van der Waals surface area contributed by atoms with E-state index in [1.54, 1.807) is 0 Å². The zero-order chi connectivity index (χ0) is 15.0. The molecule has 3 heterocycles. The first-order valence-corrected chi connectivity index (χ1v) is 8.67. The topological polar surface area (TPSA) is 113 Å². The molecule has 8 nitrogen and oxygen atoms in total. The van der Waals surface area contributed by atoms with Crippen molar-refractivity contribution < 1.29 is 8.42 Å². The third kappa shape index (κ3) is 3.06. The molecule has 1 aliphatic rings. The number of hydrogen-bond acceptors (Lipinski definition) is 6. The lowest BCUT2D eigenvalue weighted by atomic mass is 10.2. The van der Waals surface area contributed by atoms with Crippen molar-refractivity contribution in [3.05, 3.63) is 12.7 Å². The summed E-state index contributed by atoms with van der Waals surface area (Å²) >= 11 is 11.2. The van der Waals surface area contributed by atoms with Gasteiger partial charge in [0.05, 0.1) is 29.3 Å². The molecule has 0 aromatic carbocycles.